The summed E-state index contributed by atoms with van der Waals surface area (Å²) in [4.78, 5) is 27.7. The molecule has 1 aromatic heterocycles. The number of ether oxygens (including phenoxy) is 1. The van der Waals surface area contributed by atoms with E-state index in [4.69, 9.17) is 16.3 Å². The number of nitrogens with one attached hydrogen (secondary N) is 2. The van der Waals surface area contributed by atoms with Crippen LogP contribution in [0.25, 0.3) is 0 Å². The highest BCUT2D eigenvalue weighted by Gasteiger charge is 2.23. The molecule has 5 nitrogen and oxygen atoms in total. The van der Waals surface area contributed by atoms with Gasteiger partial charge in [-0.1, -0.05) is 17.7 Å². The van der Waals surface area contributed by atoms with Crippen molar-refractivity contribution in [3.63, 3.8) is 0 Å². The van der Waals surface area contributed by atoms with E-state index in [1.54, 1.807) is 39.8 Å². The molecule has 2 aromatic rings. The van der Waals surface area contributed by atoms with Gasteiger partial charge in [-0.3, -0.25) is 4.79 Å². The third-order valence-electron chi connectivity index (χ3n) is 3.66. The first-order chi connectivity index (χ1) is 11.2. The zero-order chi connectivity index (χ0) is 18.0. The molecule has 6 heteroatoms. The Morgan fingerprint density at radius 1 is 1.21 bits per heavy atom. The maximum atomic E-state index is 12.6. The van der Waals surface area contributed by atoms with Crippen LogP contribution in [-0.4, -0.2) is 23.0 Å². The molecular formula is C18H21ClN2O3. The predicted molar refractivity (Wildman–Crippen MR) is 95.0 cm³/mol. The van der Waals surface area contributed by atoms with Crippen molar-refractivity contribution in [2.75, 3.05) is 5.32 Å². The minimum Gasteiger partial charge on any atom is -0.459 e. The number of benzene rings is 1. The molecule has 0 aliphatic heterocycles. The number of carbonyl (C=O) groups excluding carboxylic acids is 2. The summed E-state index contributed by atoms with van der Waals surface area (Å²) < 4.78 is 5.24. The summed E-state index contributed by atoms with van der Waals surface area (Å²) in [6.07, 6.45) is -0.224. The summed E-state index contributed by atoms with van der Waals surface area (Å²) >= 11 is 5.98. The largest absolute Gasteiger partial charge is 0.459 e. The van der Waals surface area contributed by atoms with Gasteiger partial charge in [0.1, 0.15) is 5.69 Å². The van der Waals surface area contributed by atoms with E-state index in [1.807, 2.05) is 13.0 Å². The maximum absolute atomic E-state index is 12.6. The lowest BCUT2D eigenvalue weighted by Gasteiger charge is -2.09. The van der Waals surface area contributed by atoms with Crippen LogP contribution in [-0.2, 0) is 4.74 Å². The van der Waals surface area contributed by atoms with Gasteiger partial charge < -0.3 is 15.0 Å². The van der Waals surface area contributed by atoms with Gasteiger partial charge in [0.15, 0.2) is 0 Å². The van der Waals surface area contributed by atoms with Gasteiger partial charge in [0.05, 0.1) is 11.7 Å². The van der Waals surface area contributed by atoms with Crippen LogP contribution in [0, 0.1) is 20.8 Å². The second-order valence-corrected chi connectivity index (χ2v) is 6.43. The van der Waals surface area contributed by atoms with Gasteiger partial charge in [-0.2, -0.15) is 0 Å². The van der Waals surface area contributed by atoms with Crippen molar-refractivity contribution < 1.29 is 14.3 Å². The molecule has 0 atom stereocenters. The fourth-order valence-corrected chi connectivity index (χ4v) is 2.64. The van der Waals surface area contributed by atoms with Crippen LogP contribution in [0.5, 0.6) is 0 Å². The Hall–Kier alpha value is -2.27. The zero-order valence-corrected chi connectivity index (χ0v) is 15.2. The maximum Gasteiger partial charge on any atom is 0.340 e. The van der Waals surface area contributed by atoms with Crippen molar-refractivity contribution in [3.05, 3.63) is 51.3 Å². The Balaban J connectivity index is 2.31. The first kappa shape index (κ1) is 18.1. The van der Waals surface area contributed by atoms with E-state index >= 15 is 0 Å². The summed E-state index contributed by atoms with van der Waals surface area (Å²) in [7, 11) is 0. The molecule has 0 saturated carbocycles. The first-order valence-corrected chi connectivity index (χ1v) is 8.06. The third kappa shape index (κ3) is 3.79. The highest BCUT2D eigenvalue weighted by molar-refractivity contribution is 6.31. The average molecular weight is 349 g/mol. The van der Waals surface area contributed by atoms with Gasteiger partial charge >= 0.3 is 5.97 Å². The number of aromatic nitrogens is 1. The summed E-state index contributed by atoms with van der Waals surface area (Å²) in [5, 5.41) is 3.36. The Labute approximate surface area is 146 Å². The number of carbonyl (C=O) groups is 2. The molecule has 0 fully saturated rings. The number of hydrogen-bond acceptors (Lipinski definition) is 3. The van der Waals surface area contributed by atoms with Crippen molar-refractivity contribution in [2.45, 2.75) is 40.7 Å². The molecule has 0 bridgehead atoms. The minimum atomic E-state index is -0.436. The molecule has 128 valence electrons. The molecule has 2 rings (SSSR count). The normalized spacial score (nSPS) is 10.8. The van der Waals surface area contributed by atoms with Crippen LogP contribution >= 0.6 is 11.6 Å². The van der Waals surface area contributed by atoms with E-state index in [0.717, 1.165) is 5.56 Å². The molecule has 0 aliphatic rings. The number of aromatic amines is 1. The lowest BCUT2D eigenvalue weighted by atomic mass is 10.1. The SMILES string of the molecule is Cc1ccc(Cl)cc1NC(=O)c1[nH]c(C)c(C(=O)OC(C)C)c1C. The molecule has 0 radical (unpaired) electrons. The van der Waals surface area contributed by atoms with Gasteiger partial charge in [-0.05, 0) is 57.9 Å². The number of halogens is 1. The van der Waals surface area contributed by atoms with Crippen molar-refractivity contribution in [1.82, 2.24) is 4.98 Å². The first-order valence-electron chi connectivity index (χ1n) is 7.68. The fraction of sp³-hybridized carbons (Fsp3) is 0.333. The van der Waals surface area contributed by atoms with Crippen LogP contribution in [0.2, 0.25) is 5.02 Å². The molecule has 1 amide bonds. The topological polar surface area (TPSA) is 71.2 Å². The van der Waals surface area contributed by atoms with Gasteiger partial charge in [-0.25, -0.2) is 4.79 Å². The van der Waals surface area contributed by atoms with Crippen molar-refractivity contribution in [2.24, 2.45) is 0 Å². The van der Waals surface area contributed by atoms with Crippen LogP contribution in [0.3, 0.4) is 0 Å². The van der Waals surface area contributed by atoms with Gasteiger partial charge in [-0.15, -0.1) is 0 Å². The van der Waals surface area contributed by atoms with E-state index in [0.29, 0.717) is 33.2 Å². The minimum absolute atomic E-state index is 0.224. The third-order valence-corrected chi connectivity index (χ3v) is 3.89. The van der Waals surface area contributed by atoms with Crippen molar-refractivity contribution >= 4 is 29.2 Å². The van der Waals surface area contributed by atoms with Crippen molar-refractivity contribution in [3.8, 4) is 0 Å². The molecule has 1 heterocycles. The van der Waals surface area contributed by atoms with Crippen LogP contribution < -0.4 is 5.32 Å². The quantitative estimate of drug-likeness (QED) is 0.804. The number of hydrogen-bond donors (Lipinski definition) is 2. The molecule has 0 aliphatic carbocycles. The summed E-state index contributed by atoms with van der Waals surface area (Å²) in [5.74, 6) is -0.765. The van der Waals surface area contributed by atoms with Gasteiger partial charge in [0.25, 0.3) is 5.91 Å². The Bertz CT molecular complexity index is 794. The van der Waals surface area contributed by atoms with E-state index in [1.165, 1.54) is 0 Å². The lowest BCUT2D eigenvalue weighted by Crippen LogP contribution is -2.15. The number of anilines is 1. The zero-order valence-electron chi connectivity index (χ0n) is 14.4. The van der Waals surface area contributed by atoms with E-state index in [-0.39, 0.29) is 12.0 Å². The fourth-order valence-electron chi connectivity index (χ4n) is 2.47. The van der Waals surface area contributed by atoms with E-state index in [9.17, 15) is 9.59 Å². The van der Waals surface area contributed by atoms with Gasteiger partial charge in [0.2, 0.25) is 0 Å². The van der Waals surface area contributed by atoms with Crippen LogP contribution in [0.4, 0.5) is 5.69 Å². The highest BCUT2D eigenvalue weighted by atomic mass is 35.5. The number of aryl methyl sites for hydroxylation is 2. The predicted octanol–water partition coefficient (Wildman–Crippen LogP) is 4.41. The second kappa shape index (κ2) is 7.09. The highest BCUT2D eigenvalue weighted by Crippen LogP contribution is 2.23. The van der Waals surface area contributed by atoms with Crippen LogP contribution in [0.1, 0.15) is 51.5 Å². The standard InChI is InChI=1S/C18H21ClN2O3/c1-9(2)24-18(23)15-11(4)16(20-12(15)5)17(22)21-14-8-13(19)7-6-10(14)3/h6-9,20H,1-5H3,(H,21,22). The summed E-state index contributed by atoms with van der Waals surface area (Å²) in [5.41, 5.74) is 3.43. The Morgan fingerprint density at radius 2 is 1.88 bits per heavy atom. The van der Waals surface area contributed by atoms with E-state index < -0.39 is 5.97 Å². The molecular weight excluding hydrogens is 328 g/mol. The number of H-pyrrole nitrogens is 1. The van der Waals surface area contributed by atoms with E-state index in [2.05, 4.69) is 10.3 Å². The number of amides is 1. The Morgan fingerprint density at radius 3 is 2.50 bits per heavy atom. The van der Waals surface area contributed by atoms with Crippen molar-refractivity contribution in [1.29, 1.82) is 0 Å². The smallest absolute Gasteiger partial charge is 0.340 e. The Kier molecular flexibility index (Phi) is 5.34. The molecule has 2 N–H and O–H groups in total. The molecule has 24 heavy (non-hydrogen) atoms. The number of esters is 1. The molecule has 0 unspecified atom stereocenters. The van der Waals surface area contributed by atoms with Gasteiger partial charge in [0, 0.05) is 16.4 Å². The average Bonchev–Trinajstić information content (AvgIpc) is 2.77. The number of rotatable bonds is 4. The lowest BCUT2D eigenvalue weighted by molar-refractivity contribution is 0.0376. The summed E-state index contributed by atoms with van der Waals surface area (Å²) in [6.45, 7) is 8.91. The molecule has 0 saturated heterocycles. The molecule has 0 spiro atoms. The summed E-state index contributed by atoms with van der Waals surface area (Å²) in [6, 6.07) is 5.28. The van der Waals surface area contributed by atoms with Crippen LogP contribution in [0.15, 0.2) is 18.2 Å². The molecule has 1 aromatic carbocycles. The second-order valence-electron chi connectivity index (χ2n) is 5.99. The monoisotopic (exact) mass is 348 g/mol.